The number of non-ortho nitro benzene ring substituents is 1. The van der Waals surface area contributed by atoms with E-state index in [9.17, 15) is 29.6 Å². The van der Waals surface area contributed by atoms with E-state index in [1.54, 1.807) is 42.6 Å². The first-order chi connectivity index (χ1) is 18.1. The number of nitrogens with zero attached hydrogens (tertiary/aromatic N) is 5. The van der Waals surface area contributed by atoms with E-state index < -0.39 is 34.4 Å². The molecule has 12 nitrogen and oxygen atoms in total. The number of amides is 1. The Morgan fingerprint density at radius 2 is 1.82 bits per heavy atom. The highest BCUT2D eigenvalue weighted by atomic mass is 32.1. The maximum Gasteiger partial charge on any atom is 0.350 e. The summed E-state index contributed by atoms with van der Waals surface area (Å²) in [5.41, 5.74) is 1.32. The molecule has 0 aliphatic carbocycles. The maximum absolute atomic E-state index is 13.5. The van der Waals surface area contributed by atoms with Gasteiger partial charge in [0.1, 0.15) is 16.2 Å². The van der Waals surface area contributed by atoms with Crippen LogP contribution in [0.3, 0.4) is 0 Å². The van der Waals surface area contributed by atoms with Gasteiger partial charge in [-0.05, 0) is 43.7 Å². The minimum atomic E-state index is -1.19. The lowest BCUT2D eigenvalue weighted by Gasteiger charge is -2.23. The van der Waals surface area contributed by atoms with Crippen LogP contribution in [0.4, 0.5) is 10.8 Å². The summed E-state index contributed by atoms with van der Waals surface area (Å²) in [6.07, 6.45) is 1.66. The van der Waals surface area contributed by atoms with Crippen molar-refractivity contribution in [2.45, 2.75) is 19.9 Å². The van der Waals surface area contributed by atoms with Crippen LogP contribution in [0, 0.1) is 24.0 Å². The minimum Gasteiger partial charge on any atom is -0.505 e. The molecular formula is C25H19N5O7S. The Morgan fingerprint density at radius 3 is 2.47 bits per heavy atom. The number of ether oxygens (including phenoxy) is 1. The van der Waals surface area contributed by atoms with Crippen LogP contribution < -0.4 is 4.90 Å². The number of ketones is 1. The summed E-state index contributed by atoms with van der Waals surface area (Å²) in [4.78, 5) is 59.7. The molecule has 5 rings (SSSR count). The normalized spacial score (nSPS) is 16.8. The van der Waals surface area contributed by atoms with Gasteiger partial charge in [-0.2, -0.15) is 0 Å². The fourth-order valence-electron chi connectivity index (χ4n) is 4.42. The summed E-state index contributed by atoms with van der Waals surface area (Å²) >= 11 is 0.856. The summed E-state index contributed by atoms with van der Waals surface area (Å²) in [7, 11) is 1.21. The Balaban J connectivity index is 1.76. The zero-order valence-corrected chi connectivity index (χ0v) is 21.1. The lowest BCUT2D eigenvalue weighted by Crippen LogP contribution is -2.29. The second-order valence-corrected chi connectivity index (χ2v) is 9.37. The SMILES string of the molecule is COC(=O)c1sc(N2C(=O)C(=O)/C(=C(/O)c3c(C)nc4ccccn34)C2c2ccc([N+](=O)[O-])cc2)nc1C. The number of aromatic nitrogens is 3. The monoisotopic (exact) mass is 533 g/mol. The molecule has 1 amide bonds. The first-order valence-corrected chi connectivity index (χ1v) is 12.0. The van der Waals surface area contributed by atoms with Crippen molar-refractivity contribution in [2.24, 2.45) is 0 Å². The highest BCUT2D eigenvalue weighted by molar-refractivity contribution is 7.17. The van der Waals surface area contributed by atoms with Crippen LogP contribution >= 0.6 is 11.3 Å². The Hall–Kier alpha value is -4.91. The Morgan fingerprint density at radius 1 is 1.11 bits per heavy atom. The van der Waals surface area contributed by atoms with E-state index in [1.165, 1.54) is 31.4 Å². The zero-order chi connectivity index (χ0) is 27.3. The molecule has 0 spiro atoms. The largest absolute Gasteiger partial charge is 0.505 e. The fraction of sp³-hybridized carbons (Fsp3) is 0.160. The molecule has 1 aliphatic heterocycles. The number of aryl methyl sites for hydroxylation is 2. The molecule has 1 fully saturated rings. The molecule has 0 bridgehead atoms. The molecule has 4 heterocycles. The molecule has 1 atom stereocenters. The Bertz CT molecular complexity index is 1690. The Labute approximate surface area is 218 Å². The van der Waals surface area contributed by atoms with Gasteiger partial charge in [-0.15, -0.1) is 0 Å². The van der Waals surface area contributed by atoms with E-state index in [1.807, 2.05) is 0 Å². The Kier molecular flexibility index (Phi) is 5.99. The quantitative estimate of drug-likeness (QED) is 0.101. The minimum absolute atomic E-state index is 0.0299. The molecule has 3 aromatic heterocycles. The number of nitro groups is 1. The average Bonchev–Trinajstić information content (AvgIpc) is 3.53. The van der Waals surface area contributed by atoms with Crippen LogP contribution in [0.15, 0.2) is 54.2 Å². The summed E-state index contributed by atoms with van der Waals surface area (Å²) in [6.45, 7) is 3.22. The van der Waals surface area contributed by atoms with Crippen molar-refractivity contribution in [1.29, 1.82) is 0 Å². The molecule has 13 heteroatoms. The summed E-state index contributed by atoms with van der Waals surface area (Å²) in [6, 6.07) is 9.30. The molecule has 1 aliphatic rings. The van der Waals surface area contributed by atoms with Gasteiger partial charge in [-0.25, -0.2) is 14.8 Å². The average molecular weight is 534 g/mol. The molecule has 1 saturated heterocycles. The number of carbonyl (C=O) groups is 3. The number of nitro benzene ring substituents is 1. The van der Waals surface area contributed by atoms with E-state index in [0.29, 0.717) is 22.6 Å². The topological polar surface area (TPSA) is 157 Å². The number of aliphatic hydroxyl groups excluding tert-OH is 1. The number of Topliss-reactive ketones (excluding diaryl/α,β-unsaturated/α-hetero) is 1. The van der Waals surface area contributed by atoms with Crippen LogP contribution in [0.5, 0.6) is 0 Å². The molecule has 4 aromatic rings. The van der Waals surface area contributed by atoms with Gasteiger partial charge in [0.05, 0.1) is 35.0 Å². The van der Waals surface area contributed by atoms with Gasteiger partial charge in [0.25, 0.3) is 11.5 Å². The third-order valence-corrected chi connectivity index (χ3v) is 7.29. The van der Waals surface area contributed by atoms with Crippen molar-refractivity contribution in [3.63, 3.8) is 0 Å². The van der Waals surface area contributed by atoms with Gasteiger partial charge in [0.15, 0.2) is 10.9 Å². The number of hydrogen-bond donors (Lipinski definition) is 1. The second-order valence-electron chi connectivity index (χ2n) is 8.39. The van der Waals surface area contributed by atoms with Crippen molar-refractivity contribution < 1.29 is 29.2 Å². The van der Waals surface area contributed by atoms with Crippen molar-refractivity contribution in [3.8, 4) is 0 Å². The number of rotatable bonds is 5. The number of aliphatic hydroxyl groups is 1. The van der Waals surface area contributed by atoms with E-state index in [2.05, 4.69) is 9.97 Å². The molecule has 1 unspecified atom stereocenters. The highest BCUT2D eigenvalue weighted by Crippen LogP contribution is 2.44. The number of carbonyl (C=O) groups excluding carboxylic acids is 3. The van der Waals surface area contributed by atoms with Crippen LogP contribution in [-0.4, -0.2) is 49.2 Å². The lowest BCUT2D eigenvalue weighted by molar-refractivity contribution is -0.384. The predicted molar refractivity (Wildman–Crippen MR) is 136 cm³/mol. The van der Waals surface area contributed by atoms with Gasteiger partial charge in [-0.1, -0.05) is 17.4 Å². The van der Waals surface area contributed by atoms with Gasteiger partial charge in [-0.3, -0.25) is 29.0 Å². The molecule has 38 heavy (non-hydrogen) atoms. The predicted octanol–water partition coefficient (Wildman–Crippen LogP) is 3.73. The zero-order valence-electron chi connectivity index (χ0n) is 20.2. The number of hydrogen-bond acceptors (Lipinski definition) is 10. The summed E-state index contributed by atoms with van der Waals surface area (Å²) in [5, 5.41) is 22.8. The number of fused-ring (bicyclic) bond motifs is 1. The van der Waals surface area contributed by atoms with Crippen LogP contribution in [0.1, 0.15) is 38.4 Å². The molecular weight excluding hydrogens is 514 g/mol. The van der Waals surface area contributed by atoms with Gasteiger partial charge < -0.3 is 9.84 Å². The fourth-order valence-corrected chi connectivity index (χ4v) is 5.43. The van der Waals surface area contributed by atoms with Crippen molar-refractivity contribution in [3.05, 3.63) is 91.9 Å². The van der Waals surface area contributed by atoms with Crippen molar-refractivity contribution >= 4 is 51.2 Å². The molecule has 1 aromatic carbocycles. The number of anilines is 1. The van der Waals surface area contributed by atoms with E-state index in [4.69, 9.17) is 4.74 Å². The van der Waals surface area contributed by atoms with Crippen molar-refractivity contribution in [1.82, 2.24) is 14.4 Å². The van der Waals surface area contributed by atoms with Crippen molar-refractivity contribution in [2.75, 3.05) is 12.0 Å². The molecule has 1 N–H and O–H groups in total. The van der Waals surface area contributed by atoms with E-state index in [-0.39, 0.29) is 27.0 Å². The highest BCUT2D eigenvalue weighted by Gasteiger charge is 2.49. The molecule has 0 saturated carbocycles. The molecule has 192 valence electrons. The first-order valence-electron chi connectivity index (χ1n) is 11.2. The van der Waals surface area contributed by atoms with Gasteiger partial charge in [0, 0.05) is 18.3 Å². The lowest BCUT2D eigenvalue weighted by atomic mass is 9.96. The third kappa shape index (κ3) is 3.80. The number of esters is 1. The number of methoxy groups -OCH3 is 1. The van der Waals surface area contributed by atoms with E-state index >= 15 is 0 Å². The molecule has 0 radical (unpaired) electrons. The van der Waals surface area contributed by atoms with Crippen LogP contribution in [-0.2, 0) is 14.3 Å². The summed E-state index contributed by atoms with van der Waals surface area (Å²) in [5.74, 6) is -3.09. The van der Waals surface area contributed by atoms with Gasteiger partial charge >= 0.3 is 11.9 Å². The van der Waals surface area contributed by atoms with Crippen LogP contribution in [0.25, 0.3) is 11.4 Å². The van der Waals surface area contributed by atoms with E-state index in [0.717, 1.165) is 16.2 Å². The number of thiazole rings is 1. The summed E-state index contributed by atoms with van der Waals surface area (Å²) < 4.78 is 6.38. The standard InChI is InChI=1S/C25H19N5O7S/c1-12-18(28-11-5-4-6-16(28)26-12)20(31)17-19(14-7-9-15(10-8-14)30(35)36)29(23(33)21(17)32)25-27-13(2)22(38-25)24(34)37-3/h4-11,19,31H,1-3H3/b20-17+. The van der Waals surface area contributed by atoms with Gasteiger partial charge in [0.2, 0.25) is 0 Å². The number of benzene rings is 1. The first kappa shape index (κ1) is 24.8. The third-order valence-electron chi connectivity index (χ3n) is 6.15. The number of pyridine rings is 1. The maximum atomic E-state index is 13.5. The second kappa shape index (κ2) is 9.19. The van der Waals surface area contributed by atoms with Crippen LogP contribution in [0.2, 0.25) is 0 Å². The smallest absolute Gasteiger partial charge is 0.350 e. The number of imidazole rings is 1.